The number of H-pyrrole nitrogens is 1. The summed E-state index contributed by atoms with van der Waals surface area (Å²) in [5, 5.41) is 5.17. The summed E-state index contributed by atoms with van der Waals surface area (Å²) in [7, 11) is 2.05. The summed E-state index contributed by atoms with van der Waals surface area (Å²) in [4.78, 5) is 14.7. The van der Waals surface area contributed by atoms with E-state index in [9.17, 15) is 0 Å². The molecular formula is C20H21N5O. The van der Waals surface area contributed by atoms with Gasteiger partial charge in [-0.3, -0.25) is 4.98 Å². The van der Waals surface area contributed by atoms with Crippen molar-refractivity contribution in [2.45, 2.75) is 27.3 Å². The first-order chi connectivity index (χ1) is 12.5. The molecule has 0 aliphatic rings. The zero-order valence-electron chi connectivity index (χ0n) is 15.4. The van der Waals surface area contributed by atoms with Crippen LogP contribution in [-0.4, -0.2) is 27.2 Å². The molecule has 26 heavy (non-hydrogen) atoms. The third-order valence-electron chi connectivity index (χ3n) is 4.52. The van der Waals surface area contributed by atoms with Gasteiger partial charge in [0.2, 0.25) is 0 Å². The van der Waals surface area contributed by atoms with E-state index < -0.39 is 0 Å². The Hall–Kier alpha value is -3.15. The first kappa shape index (κ1) is 16.3. The molecular weight excluding hydrogens is 326 g/mol. The van der Waals surface area contributed by atoms with E-state index in [2.05, 4.69) is 45.1 Å². The summed E-state index contributed by atoms with van der Waals surface area (Å²) in [6.45, 7) is 6.64. The molecule has 132 valence electrons. The maximum Gasteiger partial charge on any atom is 0.143 e. The van der Waals surface area contributed by atoms with Crippen molar-refractivity contribution in [1.82, 2.24) is 20.1 Å². The molecule has 4 aromatic rings. The molecule has 0 aliphatic heterocycles. The van der Waals surface area contributed by atoms with E-state index in [1.54, 1.807) is 6.20 Å². The van der Waals surface area contributed by atoms with E-state index in [1.807, 2.05) is 33.2 Å². The van der Waals surface area contributed by atoms with Crippen LogP contribution < -0.4 is 4.90 Å². The van der Waals surface area contributed by atoms with E-state index in [0.717, 1.165) is 57.2 Å². The molecule has 4 rings (SSSR count). The van der Waals surface area contributed by atoms with Gasteiger partial charge in [-0.1, -0.05) is 11.2 Å². The fourth-order valence-electron chi connectivity index (χ4n) is 3.36. The molecule has 0 aliphatic carbocycles. The standard InChI is InChI=1S/C20H21N5O/c1-12-8-16-17(22-12)9-18(19-13(2)24-26-14(19)3)23-20(16)25(4)11-15-6-5-7-21-10-15/h5-10,22H,11H2,1-4H3. The number of nitrogens with one attached hydrogen (secondary N) is 1. The van der Waals surface area contributed by atoms with Gasteiger partial charge in [-0.15, -0.1) is 0 Å². The minimum absolute atomic E-state index is 0.727. The number of aromatic amines is 1. The van der Waals surface area contributed by atoms with Crippen LogP contribution in [0, 0.1) is 20.8 Å². The molecule has 6 heteroatoms. The molecule has 4 heterocycles. The first-order valence-corrected chi connectivity index (χ1v) is 8.56. The van der Waals surface area contributed by atoms with Gasteiger partial charge >= 0.3 is 0 Å². The van der Waals surface area contributed by atoms with E-state index in [0.29, 0.717) is 0 Å². The fraction of sp³-hybridized carbons (Fsp3) is 0.250. The number of hydrogen-bond donors (Lipinski definition) is 1. The van der Waals surface area contributed by atoms with Crippen molar-refractivity contribution in [2.24, 2.45) is 0 Å². The molecule has 0 amide bonds. The molecule has 0 atom stereocenters. The van der Waals surface area contributed by atoms with Gasteiger partial charge in [0, 0.05) is 37.1 Å². The number of rotatable bonds is 4. The largest absolute Gasteiger partial charge is 0.361 e. The zero-order chi connectivity index (χ0) is 18.3. The molecule has 1 N–H and O–H groups in total. The molecule has 0 radical (unpaired) electrons. The topological polar surface area (TPSA) is 70.8 Å². The highest BCUT2D eigenvalue weighted by Crippen LogP contribution is 2.33. The second-order valence-corrected chi connectivity index (χ2v) is 6.66. The summed E-state index contributed by atoms with van der Waals surface area (Å²) in [5.41, 5.74) is 5.96. The summed E-state index contributed by atoms with van der Waals surface area (Å²) in [5.74, 6) is 1.70. The number of fused-ring (bicyclic) bond motifs is 1. The predicted molar refractivity (Wildman–Crippen MR) is 102 cm³/mol. The summed E-state index contributed by atoms with van der Waals surface area (Å²) in [6, 6.07) is 8.22. The number of pyridine rings is 2. The lowest BCUT2D eigenvalue weighted by Gasteiger charge is -2.20. The van der Waals surface area contributed by atoms with Crippen molar-refractivity contribution >= 4 is 16.7 Å². The molecule has 0 bridgehead atoms. The lowest BCUT2D eigenvalue weighted by atomic mass is 10.1. The van der Waals surface area contributed by atoms with E-state index in [1.165, 1.54) is 0 Å². The average molecular weight is 347 g/mol. The van der Waals surface area contributed by atoms with Gasteiger partial charge in [-0.25, -0.2) is 4.98 Å². The second kappa shape index (κ2) is 6.29. The van der Waals surface area contributed by atoms with Crippen molar-refractivity contribution in [2.75, 3.05) is 11.9 Å². The van der Waals surface area contributed by atoms with Gasteiger partial charge in [-0.05, 0) is 44.5 Å². The monoisotopic (exact) mass is 347 g/mol. The van der Waals surface area contributed by atoms with Crippen LogP contribution in [0.5, 0.6) is 0 Å². The van der Waals surface area contributed by atoms with Crippen molar-refractivity contribution in [3.8, 4) is 11.3 Å². The maximum atomic E-state index is 5.34. The Bertz CT molecular complexity index is 1050. The van der Waals surface area contributed by atoms with E-state index in [-0.39, 0.29) is 0 Å². The highest BCUT2D eigenvalue weighted by molar-refractivity contribution is 5.94. The quantitative estimate of drug-likeness (QED) is 0.600. The number of nitrogens with zero attached hydrogens (tertiary/aromatic N) is 4. The highest BCUT2D eigenvalue weighted by atomic mass is 16.5. The van der Waals surface area contributed by atoms with Gasteiger partial charge in [0.05, 0.1) is 22.5 Å². The van der Waals surface area contributed by atoms with Crippen molar-refractivity contribution < 1.29 is 4.52 Å². The van der Waals surface area contributed by atoms with Crippen LogP contribution in [0.1, 0.15) is 22.7 Å². The minimum Gasteiger partial charge on any atom is -0.361 e. The Morgan fingerprint density at radius 2 is 2.04 bits per heavy atom. The van der Waals surface area contributed by atoms with E-state index in [4.69, 9.17) is 9.51 Å². The smallest absolute Gasteiger partial charge is 0.143 e. The summed E-state index contributed by atoms with van der Waals surface area (Å²) < 4.78 is 5.34. The first-order valence-electron chi connectivity index (χ1n) is 8.56. The normalized spacial score (nSPS) is 11.2. The molecule has 6 nitrogen and oxygen atoms in total. The number of anilines is 1. The Morgan fingerprint density at radius 1 is 1.19 bits per heavy atom. The van der Waals surface area contributed by atoms with E-state index >= 15 is 0 Å². The Kier molecular flexibility index (Phi) is 3.95. The predicted octanol–water partition coefficient (Wildman–Crippen LogP) is 4.17. The van der Waals surface area contributed by atoms with Crippen LogP contribution in [0.2, 0.25) is 0 Å². The molecule has 4 aromatic heterocycles. The third kappa shape index (κ3) is 2.83. The zero-order valence-corrected chi connectivity index (χ0v) is 15.4. The van der Waals surface area contributed by atoms with Gasteiger partial charge < -0.3 is 14.4 Å². The SMILES string of the molecule is Cc1cc2c(N(C)Cc3cccnc3)nc(-c3c(C)noc3C)cc2[nH]1. The Balaban J connectivity index is 1.85. The highest BCUT2D eigenvalue weighted by Gasteiger charge is 2.18. The lowest BCUT2D eigenvalue weighted by molar-refractivity contribution is 0.393. The number of aryl methyl sites for hydroxylation is 3. The summed E-state index contributed by atoms with van der Waals surface area (Å²) in [6.07, 6.45) is 3.67. The summed E-state index contributed by atoms with van der Waals surface area (Å²) >= 11 is 0. The van der Waals surface area contributed by atoms with Gasteiger partial charge in [0.1, 0.15) is 11.6 Å². The van der Waals surface area contributed by atoms with Crippen LogP contribution in [0.4, 0.5) is 5.82 Å². The van der Waals surface area contributed by atoms with Crippen LogP contribution in [0.25, 0.3) is 22.2 Å². The van der Waals surface area contributed by atoms with Crippen LogP contribution >= 0.6 is 0 Å². The second-order valence-electron chi connectivity index (χ2n) is 6.66. The molecule has 0 unspecified atom stereocenters. The average Bonchev–Trinajstić information content (AvgIpc) is 3.15. The molecule has 0 fully saturated rings. The molecule has 0 saturated heterocycles. The third-order valence-corrected chi connectivity index (χ3v) is 4.52. The molecule has 0 saturated carbocycles. The Labute approximate surface area is 151 Å². The molecule has 0 spiro atoms. The lowest BCUT2D eigenvalue weighted by Crippen LogP contribution is -2.18. The minimum atomic E-state index is 0.727. The van der Waals surface area contributed by atoms with Gasteiger partial charge in [0.25, 0.3) is 0 Å². The molecule has 0 aromatic carbocycles. The fourth-order valence-corrected chi connectivity index (χ4v) is 3.36. The van der Waals surface area contributed by atoms with Crippen molar-refractivity contribution in [3.63, 3.8) is 0 Å². The van der Waals surface area contributed by atoms with Crippen LogP contribution in [0.3, 0.4) is 0 Å². The van der Waals surface area contributed by atoms with Gasteiger partial charge in [-0.2, -0.15) is 0 Å². The van der Waals surface area contributed by atoms with Crippen molar-refractivity contribution in [3.05, 3.63) is 59.4 Å². The number of hydrogen-bond acceptors (Lipinski definition) is 5. The van der Waals surface area contributed by atoms with Gasteiger partial charge in [0.15, 0.2) is 0 Å². The van der Waals surface area contributed by atoms with Crippen molar-refractivity contribution in [1.29, 1.82) is 0 Å². The van der Waals surface area contributed by atoms with Crippen LogP contribution in [-0.2, 0) is 6.54 Å². The maximum absolute atomic E-state index is 5.34. The van der Waals surface area contributed by atoms with Crippen LogP contribution in [0.15, 0.2) is 41.2 Å². The Morgan fingerprint density at radius 3 is 2.73 bits per heavy atom. The number of aromatic nitrogens is 4.